The van der Waals surface area contributed by atoms with E-state index >= 15 is 0 Å². The molecule has 2 heterocycles. The van der Waals surface area contributed by atoms with Gasteiger partial charge in [-0.3, -0.25) is 9.80 Å². The second-order valence-electron chi connectivity index (χ2n) is 6.47. The lowest BCUT2D eigenvalue weighted by molar-refractivity contribution is -0.127. The predicted octanol–water partition coefficient (Wildman–Crippen LogP) is 2.31. The largest absolute Gasteiger partial charge is 0.378 e. The van der Waals surface area contributed by atoms with Gasteiger partial charge in [-0.2, -0.15) is 5.10 Å². The van der Waals surface area contributed by atoms with E-state index in [0.717, 1.165) is 5.56 Å². The Morgan fingerprint density at radius 1 is 1.11 bits per heavy atom. The van der Waals surface area contributed by atoms with Gasteiger partial charge in [0.25, 0.3) is 5.91 Å². The fraction of sp³-hybridized carbons (Fsp3) is 0.263. The Labute approximate surface area is 168 Å². The first-order valence-electron chi connectivity index (χ1n) is 8.78. The lowest BCUT2D eigenvalue weighted by Crippen LogP contribution is -2.47. The van der Waals surface area contributed by atoms with E-state index in [-0.39, 0.29) is 4.90 Å². The second-order valence-corrected chi connectivity index (χ2v) is 8.74. The number of morpholine rings is 1. The Hall–Kier alpha value is -2.42. The fourth-order valence-corrected chi connectivity index (χ4v) is 4.80. The van der Waals surface area contributed by atoms with Gasteiger partial charge in [0, 0.05) is 18.1 Å². The minimum absolute atomic E-state index is 0.0273. The summed E-state index contributed by atoms with van der Waals surface area (Å²) in [7, 11) is -4.06. The number of benzene rings is 2. The van der Waals surface area contributed by atoms with Crippen LogP contribution >= 0.6 is 11.6 Å². The van der Waals surface area contributed by atoms with Crippen molar-refractivity contribution in [3.63, 3.8) is 0 Å². The van der Waals surface area contributed by atoms with Crippen molar-refractivity contribution in [3.8, 4) is 0 Å². The number of hydrogen-bond acceptors (Lipinski definition) is 6. The number of fused-ring (bicyclic) bond motifs is 1. The van der Waals surface area contributed by atoms with Crippen LogP contribution in [-0.4, -0.2) is 50.6 Å². The molecule has 28 heavy (non-hydrogen) atoms. The first-order valence-corrected chi connectivity index (χ1v) is 10.6. The number of hydrazone groups is 1. The van der Waals surface area contributed by atoms with Crippen LogP contribution in [0.15, 0.2) is 58.5 Å². The van der Waals surface area contributed by atoms with Crippen molar-refractivity contribution in [2.45, 2.75) is 11.4 Å². The molecule has 146 valence electrons. The zero-order valence-electron chi connectivity index (χ0n) is 14.9. The summed E-state index contributed by atoms with van der Waals surface area (Å²) < 4.78 is 31.5. The van der Waals surface area contributed by atoms with E-state index in [9.17, 15) is 13.2 Å². The van der Waals surface area contributed by atoms with Crippen LogP contribution in [0.25, 0.3) is 0 Å². The monoisotopic (exact) mass is 419 g/mol. The van der Waals surface area contributed by atoms with Crippen molar-refractivity contribution in [1.29, 1.82) is 0 Å². The number of halogens is 1. The average molecular weight is 420 g/mol. The molecule has 1 saturated heterocycles. The predicted molar refractivity (Wildman–Crippen MR) is 106 cm³/mol. The summed E-state index contributed by atoms with van der Waals surface area (Å²) in [5.41, 5.74) is 1.28. The molecule has 0 unspecified atom stereocenters. The number of sulfone groups is 1. The third-order valence-electron chi connectivity index (χ3n) is 4.61. The molecule has 2 aromatic rings. The highest BCUT2D eigenvalue weighted by Crippen LogP contribution is 2.35. The van der Waals surface area contributed by atoms with Gasteiger partial charge in [0.1, 0.15) is 0 Å². The molecule has 0 aliphatic carbocycles. The summed E-state index contributed by atoms with van der Waals surface area (Å²) in [5.74, 6) is -0.609. The topological polar surface area (TPSA) is 79.3 Å². The minimum atomic E-state index is -4.06. The highest BCUT2D eigenvalue weighted by molar-refractivity contribution is 8.08. The van der Waals surface area contributed by atoms with E-state index in [0.29, 0.717) is 43.6 Å². The minimum Gasteiger partial charge on any atom is -0.378 e. The first kappa shape index (κ1) is 18.9. The summed E-state index contributed by atoms with van der Waals surface area (Å²) in [6, 6.07) is 14.0. The van der Waals surface area contributed by atoms with Crippen LogP contribution in [0, 0.1) is 0 Å². The van der Waals surface area contributed by atoms with E-state index in [1.54, 1.807) is 6.07 Å². The molecule has 2 aliphatic heterocycles. The zero-order chi connectivity index (χ0) is 19.7. The molecule has 7 nitrogen and oxygen atoms in total. The third-order valence-corrected chi connectivity index (χ3v) is 6.54. The molecule has 0 atom stereocenters. The van der Waals surface area contributed by atoms with Gasteiger partial charge in [0.2, 0.25) is 14.9 Å². The van der Waals surface area contributed by atoms with E-state index < -0.39 is 20.8 Å². The van der Waals surface area contributed by atoms with Gasteiger partial charge in [-0.15, -0.1) is 0 Å². The SMILES string of the molecule is O=C(C1=NN(Cc2ccccc2)c2cc(Cl)ccc2S1(=O)=O)N1CCOCC1. The Morgan fingerprint density at radius 3 is 2.54 bits per heavy atom. The zero-order valence-corrected chi connectivity index (χ0v) is 16.5. The molecule has 2 aliphatic rings. The standard InChI is InChI=1S/C19H18ClN3O4S/c20-15-6-7-17-16(12-15)23(13-14-4-2-1-3-5-14)21-18(28(17,25)26)19(24)22-8-10-27-11-9-22/h1-7,12H,8-11,13H2. The third kappa shape index (κ3) is 3.50. The lowest BCUT2D eigenvalue weighted by Gasteiger charge is -2.31. The summed E-state index contributed by atoms with van der Waals surface area (Å²) in [4.78, 5) is 14.4. The van der Waals surface area contributed by atoms with Crippen LogP contribution in [0.3, 0.4) is 0 Å². The normalized spacial score (nSPS) is 18.4. The molecule has 0 saturated carbocycles. The van der Waals surface area contributed by atoms with Crippen LogP contribution in [0.5, 0.6) is 0 Å². The Balaban J connectivity index is 1.78. The van der Waals surface area contributed by atoms with Gasteiger partial charge < -0.3 is 9.64 Å². The summed E-state index contributed by atoms with van der Waals surface area (Å²) >= 11 is 6.10. The summed E-state index contributed by atoms with van der Waals surface area (Å²) in [6.07, 6.45) is 0. The fourth-order valence-electron chi connectivity index (χ4n) is 3.18. The molecule has 1 amide bonds. The molecular weight excluding hydrogens is 402 g/mol. The molecule has 1 fully saturated rings. The molecule has 9 heteroatoms. The number of carbonyl (C=O) groups is 1. The number of hydrogen-bond donors (Lipinski definition) is 0. The van der Waals surface area contributed by atoms with Gasteiger partial charge in [-0.25, -0.2) is 8.42 Å². The number of anilines is 1. The number of nitrogens with zero attached hydrogens (tertiary/aromatic N) is 3. The Kier molecular flexibility index (Phi) is 5.09. The van der Waals surface area contributed by atoms with E-state index in [4.69, 9.17) is 16.3 Å². The van der Waals surface area contributed by atoms with Crippen molar-refractivity contribution in [2.24, 2.45) is 5.10 Å². The molecule has 2 aromatic carbocycles. The number of rotatable bonds is 3. The van der Waals surface area contributed by atoms with Gasteiger partial charge in [-0.05, 0) is 23.8 Å². The molecule has 4 rings (SSSR count). The molecule has 0 bridgehead atoms. The second kappa shape index (κ2) is 7.54. The maximum absolute atomic E-state index is 13.1. The number of carbonyl (C=O) groups excluding carboxylic acids is 1. The van der Waals surface area contributed by atoms with E-state index in [1.807, 2.05) is 30.3 Å². The molecule has 0 N–H and O–H groups in total. The van der Waals surface area contributed by atoms with Gasteiger partial charge in [0.05, 0.1) is 30.3 Å². The molecule has 0 aromatic heterocycles. The quantitative estimate of drug-likeness (QED) is 0.762. The van der Waals surface area contributed by atoms with Crippen LogP contribution in [-0.2, 0) is 25.9 Å². The van der Waals surface area contributed by atoms with E-state index in [1.165, 1.54) is 22.0 Å². The van der Waals surface area contributed by atoms with Gasteiger partial charge in [-0.1, -0.05) is 41.9 Å². The van der Waals surface area contributed by atoms with Gasteiger partial charge in [0.15, 0.2) is 0 Å². The van der Waals surface area contributed by atoms with Crippen LogP contribution < -0.4 is 5.01 Å². The van der Waals surface area contributed by atoms with Crippen molar-refractivity contribution in [1.82, 2.24) is 4.90 Å². The molecular formula is C19H18ClN3O4S. The maximum atomic E-state index is 13.1. The van der Waals surface area contributed by atoms with Crippen LogP contribution in [0.2, 0.25) is 5.02 Å². The van der Waals surface area contributed by atoms with Crippen LogP contribution in [0.4, 0.5) is 5.69 Å². The smallest absolute Gasteiger partial charge is 0.286 e. The number of ether oxygens (including phenoxy) is 1. The summed E-state index contributed by atoms with van der Waals surface area (Å²) in [6.45, 7) is 1.72. The highest BCUT2D eigenvalue weighted by Gasteiger charge is 2.39. The van der Waals surface area contributed by atoms with Gasteiger partial charge >= 0.3 is 0 Å². The van der Waals surface area contributed by atoms with Crippen molar-refractivity contribution >= 4 is 38.1 Å². The van der Waals surface area contributed by atoms with E-state index in [2.05, 4.69) is 5.10 Å². The summed E-state index contributed by atoms with van der Waals surface area (Å²) in [5, 5.41) is 5.70. The maximum Gasteiger partial charge on any atom is 0.286 e. The van der Waals surface area contributed by atoms with Crippen molar-refractivity contribution < 1.29 is 17.9 Å². The average Bonchev–Trinajstić information content (AvgIpc) is 2.71. The van der Waals surface area contributed by atoms with Crippen LogP contribution in [0.1, 0.15) is 5.56 Å². The van der Waals surface area contributed by atoms with Crippen molar-refractivity contribution in [3.05, 3.63) is 59.1 Å². The number of amides is 1. The Morgan fingerprint density at radius 2 is 1.82 bits per heavy atom. The first-order chi connectivity index (χ1) is 13.5. The van der Waals surface area contributed by atoms with Crippen molar-refractivity contribution in [2.75, 3.05) is 31.3 Å². The molecule has 0 radical (unpaired) electrons. The Bertz CT molecular complexity index is 1030. The molecule has 0 spiro atoms. The highest BCUT2D eigenvalue weighted by atomic mass is 35.5. The lowest BCUT2D eigenvalue weighted by atomic mass is 10.2.